The first-order chi connectivity index (χ1) is 6.15. The zero-order valence-electron chi connectivity index (χ0n) is 6.60. The van der Waals surface area contributed by atoms with E-state index in [0.29, 0.717) is 21.9 Å². The van der Waals surface area contributed by atoms with Gasteiger partial charge in [0.25, 0.3) is 0 Å². The van der Waals surface area contributed by atoms with Gasteiger partial charge < -0.3 is 5.21 Å². The van der Waals surface area contributed by atoms with E-state index in [4.69, 9.17) is 5.21 Å². The van der Waals surface area contributed by atoms with Crippen LogP contribution in [0.3, 0.4) is 0 Å². The first-order valence-electron chi connectivity index (χ1n) is 3.67. The zero-order valence-corrected chi connectivity index (χ0v) is 8.23. The van der Waals surface area contributed by atoms with Gasteiger partial charge in [-0.05, 0) is 11.4 Å². The van der Waals surface area contributed by atoms with Gasteiger partial charge in [-0.2, -0.15) is 0 Å². The summed E-state index contributed by atoms with van der Waals surface area (Å²) >= 11 is 1.17. The fourth-order valence-corrected chi connectivity index (χ4v) is 4.12. The van der Waals surface area contributed by atoms with E-state index in [0.717, 1.165) is 0 Å². The van der Waals surface area contributed by atoms with Crippen molar-refractivity contribution in [3.63, 3.8) is 0 Å². The molecule has 0 bridgehead atoms. The maximum Gasteiger partial charge on any atom is 0.188 e. The van der Waals surface area contributed by atoms with Crippen molar-refractivity contribution < 1.29 is 13.6 Å². The zero-order chi connectivity index (χ0) is 9.47. The summed E-state index contributed by atoms with van der Waals surface area (Å²) in [5.41, 5.74) is 1.02. The number of sulfone groups is 1. The second-order valence-electron chi connectivity index (χ2n) is 2.74. The van der Waals surface area contributed by atoms with Crippen LogP contribution in [-0.2, 0) is 9.84 Å². The molecule has 0 unspecified atom stereocenters. The third-order valence-electron chi connectivity index (χ3n) is 1.95. The van der Waals surface area contributed by atoms with Gasteiger partial charge in [-0.15, -0.1) is 11.3 Å². The number of rotatable bonds is 0. The summed E-state index contributed by atoms with van der Waals surface area (Å²) in [7, 11) is -3.12. The molecule has 6 heteroatoms. The Hall–Kier alpha value is -0.880. The first-order valence-corrected chi connectivity index (χ1v) is 6.20. The Morgan fingerprint density at radius 2 is 2.31 bits per heavy atom. The van der Waals surface area contributed by atoms with Crippen LogP contribution in [0.2, 0.25) is 0 Å². The van der Waals surface area contributed by atoms with Crippen LogP contribution >= 0.6 is 11.3 Å². The van der Waals surface area contributed by atoms with Gasteiger partial charge in [-0.1, -0.05) is 5.16 Å². The van der Waals surface area contributed by atoms with Gasteiger partial charge in [0.15, 0.2) is 9.84 Å². The maximum absolute atomic E-state index is 11.5. The predicted octanol–water partition coefficient (Wildman–Crippen LogP) is 1.10. The fraction of sp³-hybridized carbons (Fsp3) is 0.286. The molecule has 2 heterocycles. The lowest BCUT2D eigenvalue weighted by Gasteiger charge is -2.12. The number of hydrogen-bond donors (Lipinski definition) is 1. The second kappa shape index (κ2) is 2.81. The molecule has 1 aliphatic rings. The van der Waals surface area contributed by atoms with Crippen LogP contribution in [0, 0.1) is 0 Å². The van der Waals surface area contributed by atoms with Gasteiger partial charge >= 0.3 is 0 Å². The van der Waals surface area contributed by atoms with Crippen LogP contribution in [0.15, 0.2) is 20.8 Å². The minimum atomic E-state index is -3.12. The number of oxime groups is 1. The van der Waals surface area contributed by atoms with Gasteiger partial charge in [-0.25, -0.2) is 8.42 Å². The van der Waals surface area contributed by atoms with E-state index in [1.165, 1.54) is 11.3 Å². The Morgan fingerprint density at radius 1 is 1.54 bits per heavy atom. The Labute approximate surface area is 79.4 Å². The minimum Gasteiger partial charge on any atom is -0.411 e. The van der Waals surface area contributed by atoms with Crippen LogP contribution in [0.25, 0.3) is 0 Å². The van der Waals surface area contributed by atoms with Crippen molar-refractivity contribution in [2.45, 2.75) is 10.6 Å². The highest BCUT2D eigenvalue weighted by Gasteiger charge is 2.29. The Morgan fingerprint density at radius 3 is 3.00 bits per heavy atom. The fourth-order valence-electron chi connectivity index (χ4n) is 1.31. The average molecular weight is 217 g/mol. The lowest BCUT2D eigenvalue weighted by atomic mass is 10.1. The largest absolute Gasteiger partial charge is 0.411 e. The van der Waals surface area contributed by atoms with E-state index < -0.39 is 9.84 Å². The smallest absolute Gasteiger partial charge is 0.188 e. The molecule has 0 saturated carbocycles. The molecule has 0 aromatic carbocycles. The van der Waals surface area contributed by atoms with Crippen molar-refractivity contribution in [1.82, 2.24) is 0 Å². The van der Waals surface area contributed by atoms with Gasteiger partial charge in [-0.3, -0.25) is 0 Å². The lowest BCUT2D eigenvalue weighted by molar-refractivity contribution is 0.318. The average Bonchev–Trinajstić information content (AvgIpc) is 2.54. The van der Waals surface area contributed by atoms with Crippen LogP contribution in [0.1, 0.15) is 12.0 Å². The monoisotopic (exact) mass is 217 g/mol. The standard InChI is InChI=1S/C7H7NO3S2/c9-8-6-2-4-13(10,11)7-5(6)1-3-12-7/h1,3,9H,2,4H2/b8-6-. The first kappa shape index (κ1) is 8.71. The van der Waals surface area contributed by atoms with Gasteiger partial charge in [0.2, 0.25) is 0 Å². The molecule has 0 amide bonds. The molecule has 0 radical (unpaired) electrons. The molecule has 1 aromatic rings. The van der Waals surface area contributed by atoms with Crippen LogP contribution < -0.4 is 0 Å². The Bertz CT molecular complexity index is 458. The second-order valence-corrected chi connectivity index (χ2v) is 5.96. The highest BCUT2D eigenvalue weighted by Crippen LogP contribution is 2.29. The molecule has 70 valence electrons. The Kier molecular flexibility index (Phi) is 1.88. The van der Waals surface area contributed by atoms with Crippen molar-refractivity contribution in [2.75, 3.05) is 5.75 Å². The SMILES string of the molecule is O=S1(=O)CC/C(=N/O)c2ccsc21. The molecule has 2 rings (SSSR count). The normalized spacial score (nSPS) is 22.9. The predicted molar refractivity (Wildman–Crippen MR) is 49.3 cm³/mol. The van der Waals surface area contributed by atoms with Crippen molar-refractivity contribution in [3.8, 4) is 0 Å². The summed E-state index contributed by atoms with van der Waals surface area (Å²) in [5, 5.41) is 13.4. The van der Waals surface area contributed by atoms with E-state index >= 15 is 0 Å². The van der Waals surface area contributed by atoms with Gasteiger partial charge in [0, 0.05) is 12.0 Å². The van der Waals surface area contributed by atoms with Crippen molar-refractivity contribution in [3.05, 3.63) is 17.0 Å². The molecule has 4 nitrogen and oxygen atoms in total. The number of fused-ring (bicyclic) bond motifs is 1. The van der Waals surface area contributed by atoms with E-state index in [9.17, 15) is 8.42 Å². The van der Waals surface area contributed by atoms with Gasteiger partial charge in [0.05, 0.1) is 11.5 Å². The molecule has 1 aliphatic heterocycles. The van der Waals surface area contributed by atoms with E-state index in [-0.39, 0.29) is 5.75 Å². The highest BCUT2D eigenvalue weighted by atomic mass is 32.2. The molecule has 0 spiro atoms. The quantitative estimate of drug-likeness (QED) is 0.522. The molecular formula is C7H7NO3S2. The molecule has 0 aliphatic carbocycles. The molecular weight excluding hydrogens is 210 g/mol. The lowest BCUT2D eigenvalue weighted by Crippen LogP contribution is -2.19. The van der Waals surface area contributed by atoms with Crippen molar-refractivity contribution in [1.29, 1.82) is 0 Å². The molecule has 0 fully saturated rings. The number of nitrogens with zero attached hydrogens (tertiary/aromatic N) is 1. The number of hydrogen-bond acceptors (Lipinski definition) is 5. The summed E-state index contributed by atoms with van der Waals surface area (Å²) in [4.78, 5) is 0. The topological polar surface area (TPSA) is 66.7 Å². The molecule has 0 saturated heterocycles. The third-order valence-corrected chi connectivity index (χ3v) is 5.23. The van der Waals surface area contributed by atoms with Crippen molar-refractivity contribution >= 4 is 26.9 Å². The van der Waals surface area contributed by atoms with Crippen LogP contribution in [0.5, 0.6) is 0 Å². The van der Waals surface area contributed by atoms with Gasteiger partial charge in [0.1, 0.15) is 4.21 Å². The van der Waals surface area contributed by atoms with E-state index in [2.05, 4.69) is 5.16 Å². The molecule has 1 aromatic heterocycles. The molecule has 13 heavy (non-hydrogen) atoms. The maximum atomic E-state index is 11.5. The molecule has 0 atom stereocenters. The van der Waals surface area contributed by atoms with E-state index in [1.807, 2.05) is 0 Å². The number of thiophene rings is 1. The Balaban J connectivity index is 2.69. The van der Waals surface area contributed by atoms with Crippen LogP contribution in [0.4, 0.5) is 0 Å². The van der Waals surface area contributed by atoms with E-state index in [1.54, 1.807) is 11.4 Å². The summed E-state index contributed by atoms with van der Waals surface area (Å²) in [6.45, 7) is 0. The summed E-state index contributed by atoms with van der Waals surface area (Å²) < 4.78 is 23.3. The van der Waals surface area contributed by atoms with Crippen molar-refractivity contribution in [2.24, 2.45) is 5.16 Å². The third kappa shape index (κ3) is 1.26. The summed E-state index contributed by atoms with van der Waals surface area (Å²) in [6.07, 6.45) is 0.294. The molecule has 1 N–H and O–H groups in total. The summed E-state index contributed by atoms with van der Waals surface area (Å²) in [6, 6.07) is 1.67. The highest BCUT2D eigenvalue weighted by molar-refractivity contribution is 7.93. The minimum absolute atomic E-state index is 0.0416. The van der Waals surface area contributed by atoms with Crippen LogP contribution in [-0.4, -0.2) is 25.1 Å². The summed E-state index contributed by atoms with van der Waals surface area (Å²) in [5.74, 6) is 0.0416.